The van der Waals surface area contributed by atoms with Gasteiger partial charge in [0.1, 0.15) is 13.2 Å². The topological polar surface area (TPSA) is 145 Å². The van der Waals surface area contributed by atoms with Crippen molar-refractivity contribution in [3.05, 3.63) is 107 Å². The average Bonchev–Trinajstić information content (AvgIpc) is 2.99. The van der Waals surface area contributed by atoms with Crippen LogP contribution in [-0.2, 0) is 41.9 Å². The van der Waals surface area contributed by atoms with Crippen molar-refractivity contribution in [3.63, 3.8) is 0 Å². The summed E-state index contributed by atoms with van der Waals surface area (Å²) in [6, 6.07) is 21.4. The SMILES string of the molecule is CC(=O)C(CC(=O)OCc1ccccc1)NC(=O)c1cccc(C(=O)NC(CC(=O)OCc2ccccc2)C(C)=O)c1. The van der Waals surface area contributed by atoms with E-state index in [-0.39, 0.29) is 37.2 Å². The van der Waals surface area contributed by atoms with Crippen molar-refractivity contribution in [1.29, 1.82) is 0 Å². The molecule has 3 aromatic carbocycles. The van der Waals surface area contributed by atoms with E-state index in [9.17, 15) is 28.8 Å². The second-order valence-corrected chi connectivity index (χ2v) is 9.56. The highest BCUT2D eigenvalue weighted by molar-refractivity contribution is 6.03. The van der Waals surface area contributed by atoms with Crippen LogP contribution < -0.4 is 10.6 Å². The summed E-state index contributed by atoms with van der Waals surface area (Å²) in [6.45, 7) is 2.54. The van der Waals surface area contributed by atoms with Gasteiger partial charge in [-0.3, -0.25) is 28.8 Å². The number of carbonyl (C=O) groups is 6. The molecule has 0 fully saturated rings. The Hall–Kier alpha value is -5.12. The fraction of sp³-hybridized carbons (Fsp3) is 0.250. The monoisotopic (exact) mass is 572 g/mol. The van der Waals surface area contributed by atoms with Crippen molar-refractivity contribution in [3.8, 4) is 0 Å². The third-order valence-corrected chi connectivity index (χ3v) is 6.21. The molecule has 0 radical (unpaired) electrons. The number of nitrogens with one attached hydrogen (secondary N) is 2. The fourth-order valence-electron chi connectivity index (χ4n) is 3.80. The Morgan fingerprint density at radius 1 is 0.571 bits per heavy atom. The van der Waals surface area contributed by atoms with Gasteiger partial charge in [0.05, 0.1) is 24.9 Å². The first kappa shape index (κ1) is 31.4. The Kier molecular flexibility index (Phi) is 11.7. The zero-order chi connectivity index (χ0) is 30.5. The molecule has 0 aliphatic heterocycles. The van der Waals surface area contributed by atoms with Crippen molar-refractivity contribution in [2.75, 3.05) is 0 Å². The molecule has 0 aromatic heterocycles. The zero-order valence-corrected chi connectivity index (χ0v) is 23.3. The maximum Gasteiger partial charge on any atom is 0.308 e. The summed E-state index contributed by atoms with van der Waals surface area (Å²) >= 11 is 0. The number of hydrogen-bond donors (Lipinski definition) is 2. The average molecular weight is 573 g/mol. The van der Waals surface area contributed by atoms with E-state index in [4.69, 9.17) is 9.47 Å². The standard InChI is InChI=1S/C32H32N2O8/c1-21(35)27(17-29(37)41-19-23-10-5-3-6-11-23)33-31(39)25-14-9-15-26(16-25)32(40)34-28(22(2)36)18-30(38)42-20-24-12-7-4-8-13-24/h3-16,27-28H,17-20H2,1-2H3,(H,33,39)(H,34,40). The number of ketones is 2. The first-order valence-corrected chi connectivity index (χ1v) is 13.2. The van der Waals surface area contributed by atoms with Crippen LogP contribution in [0.2, 0.25) is 0 Å². The van der Waals surface area contributed by atoms with E-state index in [0.717, 1.165) is 11.1 Å². The van der Waals surface area contributed by atoms with Crippen molar-refractivity contribution in [2.45, 2.75) is 52.0 Å². The van der Waals surface area contributed by atoms with Gasteiger partial charge >= 0.3 is 11.9 Å². The zero-order valence-electron chi connectivity index (χ0n) is 23.3. The number of hydrogen-bond acceptors (Lipinski definition) is 8. The van der Waals surface area contributed by atoms with E-state index >= 15 is 0 Å². The smallest absolute Gasteiger partial charge is 0.308 e. The van der Waals surface area contributed by atoms with Gasteiger partial charge in [0.25, 0.3) is 11.8 Å². The molecular weight excluding hydrogens is 540 g/mol. The third-order valence-electron chi connectivity index (χ3n) is 6.21. The maximum absolute atomic E-state index is 12.9. The molecule has 0 spiro atoms. The summed E-state index contributed by atoms with van der Waals surface area (Å²) in [6.07, 6.45) is -0.733. The molecule has 2 amide bonds. The van der Waals surface area contributed by atoms with Crippen molar-refractivity contribution in [1.82, 2.24) is 10.6 Å². The van der Waals surface area contributed by atoms with Gasteiger partial charge in [-0.25, -0.2) is 0 Å². The molecule has 0 saturated heterocycles. The molecule has 0 bridgehead atoms. The Labute approximate surface area is 243 Å². The lowest BCUT2D eigenvalue weighted by molar-refractivity contribution is -0.147. The van der Waals surface area contributed by atoms with Crippen LogP contribution >= 0.6 is 0 Å². The van der Waals surface area contributed by atoms with Crippen LogP contribution in [0.3, 0.4) is 0 Å². The van der Waals surface area contributed by atoms with Crippen LogP contribution in [-0.4, -0.2) is 47.4 Å². The molecule has 0 aliphatic carbocycles. The molecule has 2 N–H and O–H groups in total. The van der Waals surface area contributed by atoms with Gasteiger partial charge in [-0.2, -0.15) is 0 Å². The van der Waals surface area contributed by atoms with E-state index in [0.29, 0.717) is 0 Å². The van der Waals surface area contributed by atoms with Crippen LogP contribution in [0.4, 0.5) is 0 Å². The summed E-state index contributed by atoms with van der Waals surface area (Å²) in [5.41, 5.74) is 1.65. The summed E-state index contributed by atoms with van der Waals surface area (Å²) in [5, 5.41) is 5.01. The van der Waals surface area contributed by atoms with Gasteiger partial charge in [-0.05, 0) is 43.2 Å². The number of carbonyl (C=O) groups excluding carboxylic acids is 6. The van der Waals surface area contributed by atoms with Crippen LogP contribution in [0.5, 0.6) is 0 Å². The second kappa shape index (κ2) is 15.6. The molecule has 10 heteroatoms. The molecule has 3 aromatic rings. The van der Waals surface area contributed by atoms with Crippen LogP contribution in [0, 0.1) is 0 Å². The van der Waals surface area contributed by atoms with E-state index in [1.807, 2.05) is 12.1 Å². The number of esters is 2. The Morgan fingerprint density at radius 2 is 0.952 bits per heavy atom. The van der Waals surface area contributed by atoms with Gasteiger partial charge in [-0.1, -0.05) is 66.7 Å². The molecule has 42 heavy (non-hydrogen) atoms. The van der Waals surface area contributed by atoms with Crippen molar-refractivity contribution >= 4 is 35.3 Å². The Balaban J connectivity index is 1.57. The van der Waals surface area contributed by atoms with Gasteiger partial charge in [-0.15, -0.1) is 0 Å². The third kappa shape index (κ3) is 10.1. The molecule has 0 heterocycles. The predicted octanol–water partition coefficient (Wildman–Crippen LogP) is 3.33. The van der Waals surface area contributed by atoms with Crippen LogP contribution in [0.1, 0.15) is 58.5 Å². The normalized spacial score (nSPS) is 11.9. The minimum Gasteiger partial charge on any atom is -0.461 e. The van der Waals surface area contributed by atoms with Crippen LogP contribution in [0.25, 0.3) is 0 Å². The summed E-state index contributed by atoms with van der Waals surface area (Å²) in [5.74, 6) is -3.59. The number of Topliss-reactive ketones (excluding diaryl/α,β-unsaturated/α-hetero) is 2. The lowest BCUT2D eigenvalue weighted by Crippen LogP contribution is -2.42. The molecule has 3 rings (SSSR count). The highest BCUT2D eigenvalue weighted by Crippen LogP contribution is 2.10. The van der Waals surface area contributed by atoms with Crippen molar-refractivity contribution < 1.29 is 38.2 Å². The molecule has 218 valence electrons. The summed E-state index contributed by atoms with van der Waals surface area (Å²) < 4.78 is 10.4. The molecular formula is C32H32N2O8. The maximum atomic E-state index is 12.9. The van der Waals surface area contributed by atoms with Crippen molar-refractivity contribution in [2.24, 2.45) is 0 Å². The summed E-state index contributed by atoms with van der Waals surface area (Å²) in [7, 11) is 0. The first-order valence-electron chi connectivity index (χ1n) is 13.2. The molecule has 10 nitrogen and oxygen atoms in total. The first-order chi connectivity index (χ1) is 20.1. The minimum atomic E-state index is -1.14. The summed E-state index contributed by atoms with van der Waals surface area (Å²) in [4.78, 5) is 74.7. The van der Waals surface area contributed by atoms with Crippen LogP contribution in [0.15, 0.2) is 84.9 Å². The van der Waals surface area contributed by atoms with Gasteiger partial charge in [0.15, 0.2) is 11.6 Å². The van der Waals surface area contributed by atoms with Gasteiger partial charge < -0.3 is 20.1 Å². The fourth-order valence-corrected chi connectivity index (χ4v) is 3.80. The second-order valence-electron chi connectivity index (χ2n) is 9.56. The number of rotatable bonds is 14. The molecule has 0 saturated carbocycles. The van der Waals surface area contributed by atoms with E-state index in [1.54, 1.807) is 48.5 Å². The molecule has 0 aliphatic rings. The van der Waals surface area contributed by atoms with Gasteiger partial charge in [0.2, 0.25) is 0 Å². The van der Waals surface area contributed by atoms with E-state index < -0.39 is 47.4 Å². The minimum absolute atomic E-state index is 0.0292. The Bertz CT molecular complexity index is 1320. The predicted molar refractivity (Wildman–Crippen MR) is 152 cm³/mol. The number of amides is 2. The molecule has 2 atom stereocenters. The highest BCUT2D eigenvalue weighted by atomic mass is 16.5. The largest absolute Gasteiger partial charge is 0.461 e. The van der Waals surface area contributed by atoms with Gasteiger partial charge in [0, 0.05) is 11.1 Å². The quantitative estimate of drug-likeness (QED) is 0.280. The number of benzene rings is 3. The number of ether oxygens (including phenoxy) is 2. The lowest BCUT2D eigenvalue weighted by Gasteiger charge is -2.17. The highest BCUT2D eigenvalue weighted by Gasteiger charge is 2.25. The Morgan fingerprint density at radius 3 is 1.31 bits per heavy atom. The molecule has 2 unspecified atom stereocenters. The van der Waals surface area contributed by atoms with E-state index in [1.165, 1.54) is 38.1 Å². The lowest BCUT2D eigenvalue weighted by atomic mass is 10.1. The van der Waals surface area contributed by atoms with E-state index in [2.05, 4.69) is 10.6 Å².